The van der Waals surface area contributed by atoms with Gasteiger partial charge < -0.3 is 13.9 Å². The highest BCUT2D eigenvalue weighted by Gasteiger charge is 2.40. The number of carbonyl (C=O) groups is 1. The summed E-state index contributed by atoms with van der Waals surface area (Å²) in [6.07, 6.45) is 0.899. The van der Waals surface area contributed by atoms with Gasteiger partial charge in [-0.3, -0.25) is 4.98 Å². The summed E-state index contributed by atoms with van der Waals surface area (Å²) in [4.78, 5) is 24.6. The molecule has 16 heavy (non-hydrogen) atoms. The molecule has 82 valence electrons. The maximum Gasteiger partial charge on any atom is 0.417 e. The van der Waals surface area contributed by atoms with E-state index in [2.05, 4.69) is 4.98 Å². The molecule has 1 aromatic carbocycles. The van der Waals surface area contributed by atoms with Crippen molar-refractivity contribution in [3.05, 3.63) is 34.3 Å². The average molecular weight is 219 g/mol. The highest BCUT2D eigenvalue weighted by atomic mass is 16.5. The van der Waals surface area contributed by atoms with Gasteiger partial charge in [-0.15, -0.1) is 0 Å². The molecule has 0 amide bonds. The van der Waals surface area contributed by atoms with Crippen LogP contribution in [0.4, 0.5) is 0 Å². The summed E-state index contributed by atoms with van der Waals surface area (Å²) in [5, 5.41) is 0. The van der Waals surface area contributed by atoms with E-state index in [-0.39, 0.29) is 0 Å². The molecule has 1 N–H and O–H groups in total. The van der Waals surface area contributed by atoms with Crippen LogP contribution >= 0.6 is 0 Å². The Labute approximate surface area is 90.0 Å². The van der Waals surface area contributed by atoms with Crippen molar-refractivity contribution in [3.8, 4) is 0 Å². The van der Waals surface area contributed by atoms with Crippen LogP contribution in [0, 0.1) is 0 Å². The highest BCUT2D eigenvalue weighted by molar-refractivity contribution is 5.78. The molecular formula is C11H9NO4. The number of H-pyrrole nitrogens is 1. The van der Waals surface area contributed by atoms with Gasteiger partial charge in [0.1, 0.15) is 6.29 Å². The SMILES string of the molecule is O=CC1(c2ccc3oc(=O)[nH]c3c2)COC1. The second-order valence-corrected chi connectivity index (χ2v) is 3.99. The fourth-order valence-electron chi connectivity index (χ4n) is 1.89. The minimum atomic E-state index is -0.553. The standard InChI is InChI=1S/C11H9NO4/c13-4-11(5-15-6-11)7-1-2-9-8(3-7)12-10(14)16-9/h1-4H,5-6H2,(H,12,14). The second-order valence-electron chi connectivity index (χ2n) is 3.99. The van der Waals surface area contributed by atoms with Gasteiger partial charge in [0, 0.05) is 0 Å². The minimum Gasteiger partial charge on any atom is -0.408 e. The molecule has 1 aliphatic heterocycles. The Kier molecular flexibility index (Phi) is 1.79. The Morgan fingerprint density at radius 2 is 2.19 bits per heavy atom. The van der Waals surface area contributed by atoms with Crippen molar-refractivity contribution < 1.29 is 13.9 Å². The Bertz CT molecular complexity index is 606. The number of fused-ring (bicyclic) bond motifs is 1. The second kappa shape index (κ2) is 3.05. The Morgan fingerprint density at radius 1 is 1.38 bits per heavy atom. The smallest absolute Gasteiger partial charge is 0.408 e. The molecule has 2 heterocycles. The lowest BCUT2D eigenvalue weighted by Gasteiger charge is -2.36. The topological polar surface area (TPSA) is 72.3 Å². The zero-order chi connectivity index (χ0) is 11.2. The van der Waals surface area contributed by atoms with E-state index in [4.69, 9.17) is 9.15 Å². The van der Waals surface area contributed by atoms with Crippen molar-refractivity contribution >= 4 is 17.4 Å². The molecule has 3 rings (SSSR count). The number of rotatable bonds is 2. The fourth-order valence-corrected chi connectivity index (χ4v) is 1.89. The molecule has 0 bridgehead atoms. The summed E-state index contributed by atoms with van der Waals surface area (Å²) in [6.45, 7) is 0.786. The van der Waals surface area contributed by atoms with Gasteiger partial charge in [-0.05, 0) is 17.7 Å². The first-order chi connectivity index (χ1) is 7.73. The molecule has 1 fully saturated rings. The minimum absolute atomic E-state index is 0.393. The van der Waals surface area contributed by atoms with Gasteiger partial charge in [0.2, 0.25) is 0 Å². The van der Waals surface area contributed by atoms with Crippen LogP contribution in [0.3, 0.4) is 0 Å². The van der Waals surface area contributed by atoms with Crippen LogP contribution in [0.2, 0.25) is 0 Å². The molecular weight excluding hydrogens is 210 g/mol. The van der Waals surface area contributed by atoms with Crippen molar-refractivity contribution in [2.75, 3.05) is 13.2 Å². The van der Waals surface area contributed by atoms with Crippen molar-refractivity contribution in [1.82, 2.24) is 4.98 Å². The van der Waals surface area contributed by atoms with Crippen molar-refractivity contribution in [2.24, 2.45) is 0 Å². The van der Waals surface area contributed by atoms with E-state index in [1.54, 1.807) is 18.2 Å². The van der Waals surface area contributed by atoms with Crippen LogP contribution in [0.15, 0.2) is 27.4 Å². The van der Waals surface area contributed by atoms with E-state index in [0.717, 1.165) is 11.8 Å². The monoisotopic (exact) mass is 219 g/mol. The first-order valence-corrected chi connectivity index (χ1v) is 4.91. The van der Waals surface area contributed by atoms with Crippen LogP contribution in [0.5, 0.6) is 0 Å². The number of carbonyl (C=O) groups excluding carboxylic acids is 1. The van der Waals surface area contributed by atoms with Gasteiger partial charge in [0.05, 0.1) is 24.1 Å². The van der Waals surface area contributed by atoms with Crippen LogP contribution in [-0.4, -0.2) is 24.5 Å². The number of aldehydes is 1. The Balaban J connectivity index is 2.17. The maximum absolute atomic E-state index is 11.1. The third-order valence-electron chi connectivity index (χ3n) is 2.94. The van der Waals surface area contributed by atoms with E-state index in [0.29, 0.717) is 24.3 Å². The van der Waals surface area contributed by atoms with Gasteiger partial charge in [-0.2, -0.15) is 0 Å². The van der Waals surface area contributed by atoms with Gasteiger partial charge in [-0.1, -0.05) is 6.07 Å². The molecule has 5 heteroatoms. The summed E-state index contributed by atoms with van der Waals surface area (Å²) < 4.78 is 9.96. The Morgan fingerprint density at radius 3 is 2.81 bits per heavy atom. The lowest BCUT2D eigenvalue weighted by molar-refractivity contribution is -0.129. The third kappa shape index (κ3) is 1.15. The van der Waals surface area contributed by atoms with E-state index in [1.807, 2.05) is 0 Å². The van der Waals surface area contributed by atoms with Crippen molar-refractivity contribution in [2.45, 2.75) is 5.41 Å². The zero-order valence-electron chi connectivity index (χ0n) is 8.36. The number of nitrogens with one attached hydrogen (secondary N) is 1. The highest BCUT2D eigenvalue weighted by Crippen LogP contribution is 2.31. The third-order valence-corrected chi connectivity index (χ3v) is 2.94. The van der Waals surface area contributed by atoms with Crippen LogP contribution in [0.1, 0.15) is 5.56 Å². The maximum atomic E-state index is 11.1. The lowest BCUT2D eigenvalue weighted by Crippen LogP contribution is -2.48. The quantitative estimate of drug-likeness (QED) is 0.750. The molecule has 0 atom stereocenters. The number of oxazole rings is 1. The molecule has 1 aromatic heterocycles. The number of hydrogen-bond donors (Lipinski definition) is 1. The van der Waals surface area contributed by atoms with Gasteiger partial charge in [-0.25, -0.2) is 4.79 Å². The van der Waals surface area contributed by atoms with E-state index < -0.39 is 11.2 Å². The molecule has 5 nitrogen and oxygen atoms in total. The van der Waals surface area contributed by atoms with E-state index in [1.165, 1.54) is 0 Å². The molecule has 0 unspecified atom stereocenters. The Hall–Kier alpha value is -1.88. The molecule has 0 radical (unpaired) electrons. The van der Waals surface area contributed by atoms with Gasteiger partial charge in [0.15, 0.2) is 5.58 Å². The lowest BCUT2D eigenvalue weighted by atomic mass is 9.80. The van der Waals surface area contributed by atoms with Crippen molar-refractivity contribution in [3.63, 3.8) is 0 Å². The summed E-state index contributed by atoms with van der Waals surface area (Å²) in [5.74, 6) is -0.489. The van der Waals surface area contributed by atoms with E-state index >= 15 is 0 Å². The zero-order valence-corrected chi connectivity index (χ0v) is 8.36. The summed E-state index contributed by atoms with van der Waals surface area (Å²) >= 11 is 0. The van der Waals surface area contributed by atoms with Crippen LogP contribution in [0.25, 0.3) is 11.1 Å². The number of hydrogen-bond acceptors (Lipinski definition) is 4. The number of benzene rings is 1. The summed E-state index contributed by atoms with van der Waals surface area (Å²) in [7, 11) is 0. The van der Waals surface area contributed by atoms with Gasteiger partial charge >= 0.3 is 5.76 Å². The largest absolute Gasteiger partial charge is 0.417 e. The summed E-state index contributed by atoms with van der Waals surface area (Å²) in [5.41, 5.74) is 1.39. The molecule has 1 saturated heterocycles. The normalized spacial score (nSPS) is 18.2. The first-order valence-electron chi connectivity index (χ1n) is 4.91. The van der Waals surface area contributed by atoms with Crippen LogP contribution in [-0.2, 0) is 14.9 Å². The number of ether oxygens (including phenoxy) is 1. The molecule has 0 aliphatic carbocycles. The van der Waals surface area contributed by atoms with E-state index in [9.17, 15) is 9.59 Å². The molecule has 2 aromatic rings. The predicted octanol–water partition coefficient (Wildman–Crippen LogP) is 0.588. The fraction of sp³-hybridized carbons (Fsp3) is 0.273. The van der Waals surface area contributed by atoms with Gasteiger partial charge in [0.25, 0.3) is 0 Å². The molecule has 0 spiro atoms. The number of aromatic amines is 1. The van der Waals surface area contributed by atoms with Crippen LogP contribution < -0.4 is 5.76 Å². The average Bonchev–Trinajstić information content (AvgIpc) is 2.56. The first kappa shape index (κ1) is 9.35. The predicted molar refractivity (Wildman–Crippen MR) is 55.4 cm³/mol. The summed E-state index contributed by atoms with van der Waals surface area (Å²) in [6, 6.07) is 5.24. The molecule has 1 aliphatic rings. The molecule has 0 saturated carbocycles. The number of aromatic nitrogens is 1. The van der Waals surface area contributed by atoms with Crippen molar-refractivity contribution in [1.29, 1.82) is 0 Å².